The molecule has 3 heteroatoms. The molecule has 94 valence electrons. The van der Waals surface area contributed by atoms with Crippen molar-refractivity contribution in [2.24, 2.45) is 5.92 Å². The molecule has 0 bridgehead atoms. The number of hydrogen-bond donors (Lipinski definition) is 1. The third-order valence-corrected chi connectivity index (χ3v) is 3.37. The van der Waals surface area contributed by atoms with Gasteiger partial charge < -0.3 is 15.1 Å². The Kier molecular flexibility index (Phi) is 6.69. The van der Waals surface area contributed by atoms with Crippen molar-refractivity contribution < 1.29 is 0 Å². The summed E-state index contributed by atoms with van der Waals surface area (Å²) in [6.45, 7) is 10.6. The molecule has 1 saturated heterocycles. The number of rotatable bonds is 7. The number of likely N-dealkylation sites (tertiary alicyclic amines) is 1. The lowest BCUT2D eigenvalue weighted by molar-refractivity contribution is 0.177. The quantitative estimate of drug-likeness (QED) is 0.516. The van der Waals surface area contributed by atoms with Gasteiger partial charge in [0.2, 0.25) is 0 Å². The summed E-state index contributed by atoms with van der Waals surface area (Å²) in [5.41, 5.74) is 0. The van der Waals surface area contributed by atoms with Gasteiger partial charge in [-0.1, -0.05) is 6.08 Å². The predicted octanol–water partition coefficient (Wildman–Crippen LogP) is 1.04. The van der Waals surface area contributed by atoms with Gasteiger partial charge in [0.05, 0.1) is 0 Å². The molecule has 0 saturated carbocycles. The Hall–Kier alpha value is -0.380. The first-order valence-corrected chi connectivity index (χ1v) is 6.41. The van der Waals surface area contributed by atoms with Crippen LogP contribution in [-0.2, 0) is 0 Å². The van der Waals surface area contributed by atoms with E-state index in [1.54, 1.807) is 0 Å². The molecule has 0 aromatic rings. The molecule has 0 aromatic carbocycles. The summed E-state index contributed by atoms with van der Waals surface area (Å²) >= 11 is 0. The molecule has 1 heterocycles. The van der Waals surface area contributed by atoms with E-state index in [4.69, 9.17) is 0 Å². The Morgan fingerprint density at radius 2 is 2.12 bits per heavy atom. The van der Waals surface area contributed by atoms with Crippen LogP contribution in [0.2, 0.25) is 0 Å². The summed E-state index contributed by atoms with van der Waals surface area (Å²) in [5, 5.41) is 3.34. The number of nitrogens with zero attached hydrogens (tertiary/aromatic N) is 2. The number of hydrogen-bond acceptors (Lipinski definition) is 3. The molecule has 0 spiro atoms. The van der Waals surface area contributed by atoms with Crippen LogP contribution in [0.15, 0.2) is 12.7 Å². The topological polar surface area (TPSA) is 18.5 Å². The van der Waals surface area contributed by atoms with Crippen molar-refractivity contribution in [2.75, 3.05) is 53.4 Å². The molecule has 0 aliphatic carbocycles. The van der Waals surface area contributed by atoms with Crippen LogP contribution >= 0.6 is 0 Å². The highest BCUT2D eigenvalue weighted by atomic mass is 15.1. The molecular weight excluding hydrogens is 198 g/mol. The second-order valence-corrected chi connectivity index (χ2v) is 5.00. The van der Waals surface area contributed by atoms with Crippen LogP contribution in [0, 0.1) is 5.92 Å². The summed E-state index contributed by atoms with van der Waals surface area (Å²) in [5.74, 6) is 0.903. The standard InChI is InChI=1S/C13H27N3/c1-4-7-14-8-11-16(3)12-13-5-9-15(2)10-6-13/h4,13-14H,1,5-12H2,2-3H3. The van der Waals surface area contributed by atoms with E-state index in [-0.39, 0.29) is 0 Å². The van der Waals surface area contributed by atoms with Gasteiger partial charge >= 0.3 is 0 Å². The van der Waals surface area contributed by atoms with E-state index in [0.29, 0.717) is 0 Å². The average molecular weight is 225 g/mol. The van der Waals surface area contributed by atoms with Crippen molar-refractivity contribution in [3.63, 3.8) is 0 Å². The minimum absolute atomic E-state index is 0.903. The zero-order valence-corrected chi connectivity index (χ0v) is 10.9. The van der Waals surface area contributed by atoms with E-state index >= 15 is 0 Å². The summed E-state index contributed by atoms with van der Waals surface area (Å²) < 4.78 is 0. The molecule has 0 radical (unpaired) electrons. The van der Waals surface area contributed by atoms with Crippen LogP contribution in [-0.4, -0.2) is 63.2 Å². The highest BCUT2D eigenvalue weighted by Gasteiger charge is 2.17. The van der Waals surface area contributed by atoms with Crippen molar-refractivity contribution in [2.45, 2.75) is 12.8 Å². The van der Waals surface area contributed by atoms with Crippen LogP contribution in [0.25, 0.3) is 0 Å². The Balaban J connectivity index is 2.04. The molecule has 0 aromatic heterocycles. The van der Waals surface area contributed by atoms with Crippen LogP contribution in [0.5, 0.6) is 0 Å². The van der Waals surface area contributed by atoms with Gasteiger partial charge in [0.25, 0.3) is 0 Å². The van der Waals surface area contributed by atoms with Gasteiger partial charge in [-0.3, -0.25) is 0 Å². The maximum atomic E-state index is 3.70. The molecule has 1 N–H and O–H groups in total. The minimum atomic E-state index is 0.903. The lowest BCUT2D eigenvalue weighted by atomic mass is 9.97. The molecule has 1 aliphatic rings. The van der Waals surface area contributed by atoms with Crippen LogP contribution < -0.4 is 5.32 Å². The van der Waals surface area contributed by atoms with E-state index in [1.165, 1.54) is 32.5 Å². The summed E-state index contributed by atoms with van der Waals surface area (Å²) in [7, 11) is 4.45. The maximum Gasteiger partial charge on any atom is 0.0132 e. The number of nitrogens with one attached hydrogen (secondary N) is 1. The monoisotopic (exact) mass is 225 g/mol. The molecule has 1 aliphatic heterocycles. The fourth-order valence-corrected chi connectivity index (χ4v) is 2.25. The van der Waals surface area contributed by atoms with Gasteiger partial charge in [0.1, 0.15) is 0 Å². The van der Waals surface area contributed by atoms with E-state index in [0.717, 1.165) is 25.6 Å². The second kappa shape index (κ2) is 7.82. The predicted molar refractivity (Wildman–Crippen MR) is 70.8 cm³/mol. The van der Waals surface area contributed by atoms with Gasteiger partial charge in [0.15, 0.2) is 0 Å². The van der Waals surface area contributed by atoms with Crippen molar-refractivity contribution in [1.29, 1.82) is 0 Å². The fraction of sp³-hybridized carbons (Fsp3) is 0.846. The number of likely N-dealkylation sites (N-methyl/N-ethyl adjacent to an activating group) is 1. The third kappa shape index (κ3) is 5.64. The molecule has 3 nitrogen and oxygen atoms in total. The Morgan fingerprint density at radius 1 is 1.44 bits per heavy atom. The molecule has 1 rings (SSSR count). The van der Waals surface area contributed by atoms with Crippen molar-refractivity contribution >= 4 is 0 Å². The molecule has 0 unspecified atom stereocenters. The lowest BCUT2D eigenvalue weighted by Gasteiger charge is -2.31. The highest BCUT2D eigenvalue weighted by Crippen LogP contribution is 2.16. The minimum Gasteiger partial charge on any atom is -0.312 e. The molecule has 16 heavy (non-hydrogen) atoms. The van der Waals surface area contributed by atoms with Gasteiger partial charge in [0, 0.05) is 26.2 Å². The largest absolute Gasteiger partial charge is 0.312 e. The van der Waals surface area contributed by atoms with E-state index in [2.05, 4.69) is 35.8 Å². The summed E-state index contributed by atoms with van der Waals surface area (Å²) in [6, 6.07) is 0. The van der Waals surface area contributed by atoms with E-state index < -0.39 is 0 Å². The number of piperidine rings is 1. The van der Waals surface area contributed by atoms with Crippen molar-refractivity contribution in [3.8, 4) is 0 Å². The summed E-state index contributed by atoms with van der Waals surface area (Å²) in [4.78, 5) is 4.88. The van der Waals surface area contributed by atoms with E-state index in [9.17, 15) is 0 Å². The Labute approximate surface area is 100 Å². The van der Waals surface area contributed by atoms with Crippen LogP contribution in [0.1, 0.15) is 12.8 Å². The smallest absolute Gasteiger partial charge is 0.0132 e. The fourth-order valence-electron chi connectivity index (χ4n) is 2.25. The first-order chi connectivity index (χ1) is 7.72. The first-order valence-electron chi connectivity index (χ1n) is 6.41. The Morgan fingerprint density at radius 3 is 2.75 bits per heavy atom. The molecule has 1 fully saturated rings. The molecule has 0 atom stereocenters. The van der Waals surface area contributed by atoms with Crippen molar-refractivity contribution in [1.82, 2.24) is 15.1 Å². The van der Waals surface area contributed by atoms with Gasteiger partial charge in [-0.15, -0.1) is 6.58 Å². The van der Waals surface area contributed by atoms with Gasteiger partial charge in [-0.05, 0) is 45.9 Å². The second-order valence-electron chi connectivity index (χ2n) is 5.00. The zero-order valence-electron chi connectivity index (χ0n) is 10.9. The lowest BCUT2D eigenvalue weighted by Crippen LogP contribution is -2.37. The van der Waals surface area contributed by atoms with E-state index in [1.807, 2.05) is 6.08 Å². The van der Waals surface area contributed by atoms with Crippen molar-refractivity contribution in [3.05, 3.63) is 12.7 Å². The highest BCUT2D eigenvalue weighted by molar-refractivity contribution is 4.73. The van der Waals surface area contributed by atoms with Crippen LogP contribution in [0.4, 0.5) is 0 Å². The maximum absolute atomic E-state index is 3.70. The summed E-state index contributed by atoms with van der Waals surface area (Å²) in [6.07, 6.45) is 4.64. The van der Waals surface area contributed by atoms with Crippen LogP contribution in [0.3, 0.4) is 0 Å². The molecular formula is C13H27N3. The van der Waals surface area contributed by atoms with Gasteiger partial charge in [-0.2, -0.15) is 0 Å². The molecule has 0 amide bonds. The first kappa shape index (κ1) is 13.7. The normalized spacial score (nSPS) is 19.2. The van der Waals surface area contributed by atoms with Gasteiger partial charge in [-0.25, -0.2) is 0 Å². The average Bonchev–Trinajstić information content (AvgIpc) is 2.28. The zero-order chi connectivity index (χ0) is 11.8. The SMILES string of the molecule is C=CCNCCN(C)CC1CCN(C)CC1. The third-order valence-electron chi connectivity index (χ3n) is 3.37. The Bertz CT molecular complexity index is 186.